The molecule has 0 radical (unpaired) electrons. The largest absolute Gasteiger partial charge is 0.409 e. The van der Waals surface area contributed by atoms with E-state index in [0.717, 1.165) is 0 Å². The van der Waals surface area contributed by atoms with Crippen LogP contribution in [0, 0.1) is 0 Å². The molecule has 0 aliphatic carbocycles. The van der Waals surface area contributed by atoms with E-state index >= 15 is 0 Å². The summed E-state index contributed by atoms with van der Waals surface area (Å²) in [5.74, 6) is 0.158. The lowest BCUT2D eigenvalue weighted by Crippen LogP contribution is -2.53. The van der Waals surface area contributed by atoms with Crippen molar-refractivity contribution in [3.63, 3.8) is 0 Å². The fourth-order valence-electron chi connectivity index (χ4n) is 2.15. The molecule has 112 valence electrons. The summed E-state index contributed by atoms with van der Waals surface area (Å²) in [6, 6.07) is -0.151. The third-order valence-electron chi connectivity index (χ3n) is 3.43. The number of nitrogens with zero attached hydrogens (tertiary/aromatic N) is 3. The summed E-state index contributed by atoms with van der Waals surface area (Å²) in [5.41, 5.74) is 5.53. The van der Waals surface area contributed by atoms with E-state index in [2.05, 4.69) is 10.1 Å². The van der Waals surface area contributed by atoms with Crippen molar-refractivity contribution in [1.82, 2.24) is 9.80 Å². The molecular weight excluding hydrogens is 261 g/mol. The van der Waals surface area contributed by atoms with E-state index in [9.17, 15) is 13.2 Å². The predicted octanol–water partition coefficient (Wildman–Crippen LogP) is 1.08. The second-order valence-corrected chi connectivity index (χ2v) is 4.80. The summed E-state index contributed by atoms with van der Waals surface area (Å²) in [6.07, 6.45) is -4.66. The van der Waals surface area contributed by atoms with Gasteiger partial charge in [0, 0.05) is 32.6 Å². The Morgan fingerprint density at radius 1 is 1.32 bits per heavy atom. The molecule has 0 amide bonds. The molecule has 1 heterocycles. The SMILES string of the molecule is CC(C(N)=NO)N1CCN(CCCC(F)(F)F)CC1. The Labute approximate surface area is 110 Å². The highest BCUT2D eigenvalue weighted by Gasteiger charge is 2.27. The fraction of sp³-hybridized carbons (Fsp3) is 0.909. The van der Waals surface area contributed by atoms with E-state index in [0.29, 0.717) is 32.7 Å². The number of amidine groups is 1. The first-order chi connectivity index (χ1) is 8.83. The van der Waals surface area contributed by atoms with Crippen LogP contribution in [0.2, 0.25) is 0 Å². The van der Waals surface area contributed by atoms with Gasteiger partial charge in [-0.25, -0.2) is 0 Å². The average molecular weight is 282 g/mol. The summed E-state index contributed by atoms with van der Waals surface area (Å²) in [6.45, 7) is 5.15. The van der Waals surface area contributed by atoms with E-state index in [1.165, 1.54) is 0 Å². The Bertz CT molecular complexity index is 301. The number of halogens is 3. The molecule has 1 unspecified atom stereocenters. The standard InChI is InChI=1S/C11H21F3N4O/c1-9(10(15)16-19)18-7-5-17(6-8-18)4-2-3-11(12,13)14/h9,19H,2-8H2,1H3,(H2,15,16). The van der Waals surface area contributed by atoms with Crippen LogP contribution < -0.4 is 5.73 Å². The average Bonchev–Trinajstić information content (AvgIpc) is 2.36. The van der Waals surface area contributed by atoms with Gasteiger partial charge in [-0.15, -0.1) is 0 Å². The van der Waals surface area contributed by atoms with Crippen molar-refractivity contribution in [2.24, 2.45) is 10.9 Å². The van der Waals surface area contributed by atoms with Crippen LogP contribution in [0.4, 0.5) is 13.2 Å². The van der Waals surface area contributed by atoms with Gasteiger partial charge in [-0.3, -0.25) is 4.90 Å². The van der Waals surface area contributed by atoms with Crippen LogP contribution in [0.3, 0.4) is 0 Å². The highest BCUT2D eigenvalue weighted by molar-refractivity contribution is 5.84. The molecule has 19 heavy (non-hydrogen) atoms. The number of hydrogen-bond acceptors (Lipinski definition) is 4. The summed E-state index contributed by atoms with van der Waals surface area (Å²) in [7, 11) is 0. The topological polar surface area (TPSA) is 65.1 Å². The Balaban J connectivity index is 2.26. The number of nitrogens with two attached hydrogens (primary N) is 1. The maximum absolute atomic E-state index is 12.0. The third kappa shape index (κ3) is 5.65. The van der Waals surface area contributed by atoms with Gasteiger partial charge in [0.1, 0.15) is 0 Å². The number of piperazine rings is 1. The normalized spacial score (nSPS) is 21.6. The number of rotatable bonds is 5. The molecule has 3 N–H and O–H groups in total. The Kier molecular flexibility index (Phi) is 5.86. The maximum atomic E-state index is 12.0. The highest BCUT2D eigenvalue weighted by atomic mass is 19.4. The molecule has 1 fully saturated rings. The summed E-state index contributed by atoms with van der Waals surface area (Å²) in [4.78, 5) is 4.07. The minimum Gasteiger partial charge on any atom is -0.409 e. The minimum absolute atomic E-state index is 0.138. The molecule has 0 saturated carbocycles. The molecule has 1 aliphatic rings. The molecule has 0 aromatic heterocycles. The predicted molar refractivity (Wildman–Crippen MR) is 66.2 cm³/mol. The van der Waals surface area contributed by atoms with Crippen molar-refractivity contribution in [2.75, 3.05) is 32.7 Å². The lowest BCUT2D eigenvalue weighted by Gasteiger charge is -2.37. The van der Waals surface area contributed by atoms with Crippen LogP contribution in [0.25, 0.3) is 0 Å². The zero-order chi connectivity index (χ0) is 14.5. The molecule has 1 atom stereocenters. The zero-order valence-electron chi connectivity index (χ0n) is 11.0. The Hall–Kier alpha value is -1.02. The molecule has 0 spiro atoms. The number of alkyl halides is 3. The van der Waals surface area contributed by atoms with Gasteiger partial charge >= 0.3 is 6.18 Å². The van der Waals surface area contributed by atoms with Crippen molar-refractivity contribution in [3.05, 3.63) is 0 Å². The second-order valence-electron chi connectivity index (χ2n) is 4.80. The molecular formula is C11H21F3N4O. The first-order valence-corrected chi connectivity index (χ1v) is 6.34. The molecule has 1 aliphatic heterocycles. The first-order valence-electron chi connectivity index (χ1n) is 6.34. The monoisotopic (exact) mass is 282 g/mol. The van der Waals surface area contributed by atoms with Crippen molar-refractivity contribution < 1.29 is 18.4 Å². The van der Waals surface area contributed by atoms with Gasteiger partial charge in [-0.1, -0.05) is 5.16 Å². The van der Waals surface area contributed by atoms with Crippen LogP contribution in [0.1, 0.15) is 19.8 Å². The van der Waals surface area contributed by atoms with Crippen LogP contribution in [0.15, 0.2) is 5.16 Å². The highest BCUT2D eigenvalue weighted by Crippen LogP contribution is 2.21. The molecule has 8 heteroatoms. The molecule has 1 rings (SSSR count). The summed E-state index contributed by atoms with van der Waals surface area (Å²) in [5, 5.41) is 11.6. The van der Waals surface area contributed by atoms with Crippen LogP contribution in [0.5, 0.6) is 0 Å². The van der Waals surface area contributed by atoms with Crippen LogP contribution >= 0.6 is 0 Å². The number of oxime groups is 1. The molecule has 1 saturated heterocycles. The quantitative estimate of drug-likeness (QED) is 0.343. The lowest BCUT2D eigenvalue weighted by atomic mass is 10.2. The van der Waals surface area contributed by atoms with Crippen molar-refractivity contribution in [2.45, 2.75) is 32.0 Å². The van der Waals surface area contributed by atoms with Crippen LogP contribution in [-0.2, 0) is 0 Å². The van der Waals surface area contributed by atoms with E-state index in [-0.39, 0.29) is 18.3 Å². The van der Waals surface area contributed by atoms with Gasteiger partial charge in [0.05, 0.1) is 6.04 Å². The van der Waals surface area contributed by atoms with Gasteiger partial charge in [0.2, 0.25) is 0 Å². The van der Waals surface area contributed by atoms with Gasteiger partial charge in [0.25, 0.3) is 0 Å². The van der Waals surface area contributed by atoms with Crippen molar-refractivity contribution in [3.8, 4) is 0 Å². The Morgan fingerprint density at radius 2 is 1.89 bits per heavy atom. The van der Waals surface area contributed by atoms with Crippen molar-refractivity contribution in [1.29, 1.82) is 0 Å². The maximum Gasteiger partial charge on any atom is 0.389 e. The van der Waals surface area contributed by atoms with E-state index in [1.54, 1.807) is 0 Å². The van der Waals surface area contributed by atoms with Gasteiger partial charge in [0.15, 0.2) is 5.84 Å². The van der Waals surface area contributed by atoms with Gasteiger partial charge in [-0.2, -0.15) is 13.2 Å². The van der Waals surface area contributed by atoms with E-state index in [4.69, 9.17) is 10.9 Å². The first kappa shape index (κ1) is 16.0. The molecule has 0 aromatic carbocycles. The molecule has 5 nitrogen and oxygen atoms in total. The number of hydrogen-bond donors (Lipinski definition) is 2. The second kappa shape index (κ2) is 6.95. The molecule has 0 bridgehead atoms. The Morgan fingerprint density at radius 3 is 2.37 bits per heavy atom. The lowest BCUT2D eigenvalue weighted by molar-refractivity contribution is -0.136. The molecule has 0 aromatic rings. The van der Waals surface area contributed by atoms with E-state index < -0.39 is 12.6 Å². The van der Waals surface area contributed by atoms with Gasteiger partial charge < -0.3 is 15.8 Å². The summed E-state index contributed by atoms with van der Waals surface area (Å²) < 4.78 is 36.1. The summed E-state index contributed by atoms with van der Waals surface area (Å²) >= 11 is 0. The van der Waals surface area contributed by atoms with Crippen molar-refractivity contribution >= 4 is 5.84 Å². The third-order valence-corrected chi connectivity index (χ3v) is 3.43. The van der Waals surface area contributed by atoms with E-state index in [1.807, 2.05) is 11.8 Å². The fourth-order valence-corrected chi connectivity index (χ4v) is 2.15. The van der Waals surface area contributed by atoms with Gasteiger partial charge in [-0.05, 0) is 19.9 Å². The smallest absolute Gasteiger partial charge is 0.389 e. The zero-order valence-corrected chi connectivity index (χ0v) is 11.0. The minimum atomic E-state index is -4.07. The van der Waals surface area contributed by atoms with Crippen LogP contribution in [-0.4, -0.2) is 65.8 Å².